The lowest BCUT2D eigenvalue weighted by atomic mass is 10.2. The lowest BCUT2D eigenvalue weighted by Gasteiger charge is -2.19. The molecule has 0 spiro atoms. The van der Waals surface area contributed by atoms with Crippen molar-refractivity contribution < 1.29 is 9.53 Å². The number of ether oxygens (including phenoxy) is 1. The molecule has 5 rings (SSSR count). The van der Waals surface area contributed by atoms with Gasteiger partial charge < -0.3 is 15.0 Å². The summed E-state index contributed by atoms with van der Waals surface area (Å²) in [4.78, 5) is 28.1. The number of nitrogens with one attached hydrogen (secondary N) is 1. The van der Waals surface area contributed by atoms with E-state index in [1.807, 2.05) is 40.6 Å². The molecule has 1 unspecified atom stereocenters. The average molecular weight is 417 g/mol. The van der Waals surface area contributed by atoms with Gasteiger partial charge in [0.15, 0.2) is 0 Å². The fraction of sp³-hybridized carbons (Fsp3) is 0.182. The van der Waals surface area contributed by atoms with Gasteiger partial charge in [-0.2, -0.15) is 0 Å². The van der Waals surface area contributed by atoms with Crippen LogP contribution < -0.4 is 10.1 Å². The highest BCUT2D eigenvalue weighted by molar-refractivity contribution is 7.16. The van der Waals surface area contributed by atoms with Crippen molar-refractivity contribution in [3.63, 3.8) is 0 Å². The highest BCUT2D eigenvalue weighted by Gasteiger charge is 2.28. The first-order chi connectivity index (χ1) is 14.8. The van der Waals surface area contributed by atoms with Gasteiger partial charge in [0.2, 0.25) is 0 Å². The molecule has 1 aliphatic rings. The van der Waals surface area contributed by atoms with Gasteiger partial charge >= 0.3 is 0 Å². The number of amides is 1. The zero-order valence-corrected chi connectivity index (χ0v) is 16.9. The molecule has 1 N–H and O–H groups in total. The van der Waals surface area contributed by atoms with Crippen LogP contribution in [0.5, 0.6) is 5.75 Å². The first-order valence-corrected chi connectivity index (χ1v) is 10.6. The Hall–Kier alpha value is -3.52. The number of hydrogen-bond donors (Lipinski definition) is 1. The van der Waals surface area contributed by atoms with E-state index in [0.29, 0.717) is 18.7 Å². The molecule has 0 saturated carbocycles. The number of carbonyl (C=O) groups is 1. The summed E-state index contributed by atoms with van der Waals surface area (Å²) in [6.07, 6.45) is 5.55. The molecule has 0 aliphatic carbocycles. The zero-order valence-electron chi connectivity index (χ0n) is 16.1. The monoisotopic (exact) mass is 417 g/mol. The second-order valence-corrected chi connectivity index (χ2v) is 7.89. The average Bonchev–Trinajstić information content (AvgIpc) is 3.45. The maximum atomic E-state index is 12.7. The van der Waals surface area contributed by atoms with Crippen molar-refractivity contribution in [2.75, 3.05) is 18.4 Å². The Labute approximate surface area is 177 Å². The van der Waals surface area contributed by atoms with E-state index in [0.717, 1.165) is 33.9 Å². The zero-order chi connectivity index (χ0) is 20.3. The Morgan fingerprint density at radius 3 is 2.90 bits per heavy atom. The van der Waals surface area contributed by atoms with E-state index >= 15 is 0 Å². The number of benzene rings is 1. The molecule has 1 fully saturated rings. The molecule has 4 aromatic rings. The highest BCUT2D eigenvalue weighted by Crippen LogP contribution is 2.32. The SMILES string of the molecule is O=C(c1ccncc1)N1CCC(Oc2ccccc2Nc2ncnc3sccc23)C1. The maximum Gasteiger partial charge on any atom is 0.254 e. The van der Waals surface area contributed by atoms with E-state index in [2.05, 4.69) is 20.3 Å². The van der Waals surface area contributed by atoms with Gasteiger partial charge in [0.05, 0.1) is 17.6 Å². The number of aromatic nitrogens is 3. The molecule has 7 nitrogen and oxygen atoms in total. The Kier molecular flexibility index (Phi) is 4.98. The van der Waals surface area contributed by atoms with Crippen molar-refractivity contribution in [3.05, 3.63) is 72.1 Å². The third-order valence-electron chi connectivity index (χ3n) is 5.05. The Morgan fingerprint density at radius 2 is 2.00 bits per heavy atom. The first-order valence-electron chi connectivity index (χ1n) is 9.68. The number of thiophene rings is 1. The second-order valence-electron chi connectivity index (χ2n) is 7.00. The summed E-state index contributed by atoms with van der Waals surface area (Å²) in [6, 6.07) is 13.3. The number of likely N-dealkylation sites (tertiary alicyclic amines) is 1. The fourth-order valence-corrected chi connectivity index (χ4v) is 4.29. The van der Waals surface area contributed by atoms with Crippen LogP contribution in [-0.4, -0.2) is 45.0 Å². The smallest absolute Gasteiger partial charge is 0.254 e. The van der Waals surface area contributed by atoms with E-state index in [1.54, 1.807) is 42.2 Å². The summed E-state index contributed by atoms with van der Waals surface area (Å²) >= 11 is 1.58. The third-order valence-corrected chi connectivity index (χ3v) is 5.88. The Balaban J connectivity index is 1.31. The van der Waals surface area contributed by atoms with Crippen LogP contribution in [-0.2, 0) is 0 Å². The van der Waals surface area contributed by atoms with Gasteiger partial charge in [-0.25, -0.2) is 9.97 Å². The number of fused-ring (bicyclic) bond motifs is 1. The standard InChI is InChI=1S/C22H19N5O2S/c28-22(15-5-9-23-10-6-15)27-11-7-16(13-27)29-19-4-2-1-3-18(19)26-20-17-8-12-30-21(17)25-14-24-20/h1-6,8-10,12,14,16H,7,11,13H2,(H,24,25,26). The predicted molar refractivity (Wildman–Crippen MR) is 116 cm³/mol. The normalized spacial score (nSPS) is 16.0. The topological polar surface area (TPSA) is 80.2 Å². The van der Waals surface area contributed by atoms with Crippen LogP contribution in [0.1, 0.15) is 16.8 Å². The molecular formula is C22H19N5O2S. The van der Waals surface area contributed by atoms with Gasteiger partial charge in [0.1, 0.15) is 28.8 Å². The summed E-state index contributed by atoms with van der Waals surface area (Å²) in [5.74, 6) is 1.50. The molecule has 150 valence electrons. The van der Waals surface area contributed by atoms with Crippen LogP contribution in [0, 0.1) is 0 Å². The Morgan fingerprint density at radius 1 is 1.13 bits per heavy atom. The molecule has 1 aliphatic heterocycles. The molecule has 3 aromatic heterocycles. The van der Waals surface area contributed by atoms with Gasteiger partial charge in [-0.3, -0.25) is 9.78 Å². The van der Waals surface area contributed by atoms with E-state index in [1.165, 1.54) is 0 Å². The van der Waals surface area contributed by atoms with Crippen molar-refractivity contribution >= 4 is 39.0 Å². The molecule has 0 bridgehead atoms. The number of nitrogens with zero attached hydrogens (tertiary/aromatic N) is 4. The minimum absolute atomic E-state index is 0.00995. The van der Waals surface area contributed by atoms with Crippen LogP contribution in [0.15, 0.2) is 66.6 Å². The number of rotatable bonds is 5. The lowest BCUT2D eigenvalue weighted by molar-refractivity contribution is 0.0772. The van der Waals surface area contributed by atoms with Crippen LogP contribution in [0.4, 0.5) is 11.5 Å². The van der Waals surface area contributed by atoms with Crippen molar-refractivity contribution in [2.45, 2.75) is 12.5 Å². The maximum absolute atomic E-state index is 12.7. The molecule has 0 radical (unpaired) electrons. The molecule has 1 aromatic carbocycles. The van der Waals surface area contributed by atoms with Crippen LogP contribution in [0.25, 0.3) is 10.2 Å². The van der Waals surface area contributed by atoms with Gasteiger partial charge in [-0.15, -0.1) is 11.3 Å². The second kappa shape index (κ2) is 8.08. The lowest BCUT2D eigenvalue weighted by Crippen LogP contribution is -2.31. The minimum atomic E-state index is -0.0645. The van der Waals surface area contributed by atoms with Gasteiger partial charge in [-0.05, 0) is 35.7 Å². The number of carbonyl (C=O) groups excluding carboxylic acids is 1. The van der Waals surface area contributed by atoms with Crippen LogP contribution in [0.3, 0.4) is 0 Å². The van der Waals surface area contributed by atoms with Gasteiger partial charge in [0.25, 0.3) is 5.91 Å². The number of para-hydroxylation sites is 2. The summed E-state index contributed by atoms with van der Waals surface area (Å²) in [7, 11) is 0. The Bertz CT molecular complexity index is 1180. The number of anilines is 2. The first kappa shape index (κ1) is 18.5. The third kappa shape index (κ3) is 3.69. The van der Waals surface area contributed by atoms with Crippen molar-refractivity contribution in [1.29, 1.82) is 0 Å². The molecule has 4 heterocycles. The van der Waals surface area contributed by atoms with Crippen molar-refractivity contribution in [1.82, 2.24) is 19.9 Å². The molecule has 30 heavy (non-hydrogen) atoms. The van der Waals surface area contributed by atoms with Gasteiger partial charge in [-0.1, -0.05) is 12.1 Å². The molecule has 1 saturated heterocycles. The van der Waals surface area contributed by atoms with E-state index in [4.69, 9.17) is 4.74 Å². The van der Waals surface area contributed by atoms with E-state index < -0.39 is 0 Å². The fourth-order valence-electron chi connectivity index (χ4n) is 3.56. The number of pyridine rings is 1. The van der Waals surface area contributed by atoms with Crippen LogP contribution in [0.2, 0.25) is 0 Å². The molecule has 1 atom stereocenters. The molecular weight excluding hydrogens is 398 g/mol. The molecule has 8 heteroatoms. The quantitative estimate of drug-likeness (QED) is 0.526. The van der Waals surface area contributed by atoms with Crippen molar-refractivity contribution in [2.24, 2.45) is 0 Å². The van der Waals surface area contributed by atoms with Crippen LogP contribution >= 0.6 is 11.3 Å². The van der Waals surface area contributed by atoms with Gasteiger partial charge in [0, 0.05) is 30.9 Å². The summed E-state index contributed by atoms with van der Waals surface area (Å²) < 4.78 is 6.28. The van der Waals surface area contributed by atoms with E-state index in [-0.39, 0.29) is 12.0 Å². The van der Waals surface area contributed by atoms with E-state index in [9.17, 15) is 4.79 Å². The summed E-state index contributed by atoms with van der Waals surface area (Å²) in [5.41, 5.74) is 1.49. The summed E-state index contributed by atoms with van der Waals surface area (Å²) in [6.45, 7) is 1.22. The largest absolute Gasteiger partial charge is 0.486 e. The highest BCUT2D eigenvalue weighted by atomic mass is 32.1. The number of hydrogen-bond acceptors (Lipinski definition) is 7. The predicted octanol–water partition coefficient (Wildman–Crippen LogP) is 4.12. The minimum Gasteiger partial charge on any atom is -0.486 e. The van der Waals surface area contributed by atoms with Crippen molar-refractivity contribution in [3.8, 4) is 5.75 Å². The summed E-state index contributed by atoms with van der Waals surface area (Å²) in [5, 5.41) is 6.36. The molecule has 1 amide bonds.